The molecule has 4 heteroatoms. The Morgan fingerprint density at radius 1 is 1.43 bits per heavy atom. The Bertz CT molecular complexity index is 680. The van der Waals surface area contributed by atoms with Gasteiger partial charge in [-0.2, -0.15) is 5.26 Å². The number of ether oxygens (including phenoxy) is 1. The first kappa shape index (κ1) is 15.3. The van der Waals surface area contributed by atoms with Crippen molar-refractivity contribution in [2.24, 2.45) is 5.92 Å². The summed E-state index contributed by atoms with van der Waals surface area (Å²) in [6.45, 7) is 6.80. The van der Waals surface area contributed by atoms with Gasteiger partial charge >= 0.3 is 0 Å². The number of benzene rings is 1. The predicted octanol–water partition coefficient (Wildman–Crippen LogP) is 4.55. The molecule has 0 amide bonds. The van der Waals surface area contributed by atoms with Crippen LogP contribution in [0.1, 0.15) is 30.1 Å². The van der Waals surface area contributed by atoms with E-state index in [9.17, 15) is 5.26 Å². The van der Waals surface area contributed by atoms with Crippen LogP contribution in [-0.4, -0.2) is 11.6 Å². The molecule has 108 valence electrons. The van der Waals surface area contributed by atoms with Gasteiger partial charge in [-0.25, -0.2) is 4.98 Å². The van der Waals surface area contributed by atoms with E-state index >= 15 is 0 Å². The molecule has 2 rings (SSSR count). The zero-order valence-electron chi connectivity index (χ0n) is 12.5. The monoisotopic (exact) mass is 298 g/mol. The van der Waals surface area contributed by atoms with Crippen molar-refractivity contribution in [3.05, 3.63) is 45.9 Å². The van der Waals surface area contributed by atoms with Gasteiger partial charge < -0.3 is 4.74 Å². The van der Waals surface area contributed by atoms with E-state index in [0.717, 1.165) is 22.0 Å². The van der Waals surface area contributed by atoms with Gasteiger partial charge in [-0.15, -0.1) is 11.3 Å². The first-order valence-corrected chi connectivity index (χ1v) is 7.74. The van der Waals surface area contributed by atoms with E-state index in [1.54, 1.807) is 0 Å². The third kappa shape index (κ3) is 4.17. The van der Waals surface area contributed by atoms with E-state index in [0.29, 0.717) is 18.1 Å². The fraction of sp³-hybridized carbons (Fsp3) is 0.294. The van der Waals surface area contributed by atoms with E-state index in [1.165, 1.54) is 11.3 Å². The van der Waals surface area contributed by atoms with E-state index in [4.69, 9.17) is 4.74 Å². The standard InChI is InChI=1S/C17H18N2OS/c1-12(2)10-20-16-7-5-4-6-14(16)8-15(9-18)17-19-13(3)11-21-17/h4-8,11-12H,10H2,1-3H3/b15-8-. The Morgan fingerprint density at radius 2 is 2.19 bits per heavy atom. The smallest absolute Gasteiger partial charge is 0.134 e. The van der Waals surface area contributed by atoms with Crippen LogP contribution in [0.5, 0.6) is 5.75 Å². The minimum Gasteiger partial charge on any atom is -0.493 e. The van der Waals surface area contributed by atoms with Crippen molar-refractivity contribution in [2.75, 3.05) is 6.61 Å². The molecule has 0 N–H and O–H groups in total. The summed E-state index contributed by atoms with van der Waals surface area (Å²) in [5, 5.41) is 12.1. The molecular weight excluding hydrogens is 280 g/mol. The van der Waals surface area contributed by atoms with Gasteiger partial charge in [0.1, 0.15) is 16.8 Å². The Labute approximate surface area is 129 Å². The predicted molar refractivity (Wildman–Crippen MR) is 87.1 cm³/mol. The highest BCUT2D eigenvalue weighted by Gasteiger charge is 2.08. The maximum Gasteiger partial charge on any atom is 0.134 e. The van der Waals surface area contributed by atoms with Crippen LogP contribution >= 0.6 is 11.3 Å². The van der Waals surface area contributed by atoms with Crippen LogP contribution in [0, 0.1) is 24.2 Å². The number of aryl methyl sites for hydroxylation is 1. The van der Waals surface area contributed by atoms with Crippen molar-refractivity contribution in [1.29, 1.82) is 5.26 Å². The molecule has 1 aromatic carbocycles. The molecule has 0 spiro atoms. The van der Waals surface area contributed by atoms with Crippen LogP contribution in [-0.2, 0) is 0 Å². The van der Waals surface area contributed by atoms with Crippen molar-refractivity contribution >= 4 is 23.0 Å². The number of para-hydroxylation sites is 1. The Balaban J connectivity index is 2.32. The Morgan fingerprint density at radius 3 is 2.81 bits per heavy atom. The SMILES string of the molecule is Cc1csc(/C(C#N)=C\c2ccccc2OCC(C)C)n1. The number of aromatic nitrogens is 1. The lowest BCUT2D eigenvalue weighted by molar-refractivity contribution is 0.270. The summed E-state index contributed by atoms with van der Waals surface area (Å²) in [6, 6.07) is 9.98. The Kier molecular flexibility index (Phi) is 5.13. The van der Waals surface area contributed by atoms with Crippen molar-refractivity contribution in [1.82, 2.24) is 4.98 Å². The zero-order chi connectivity index (χ0) is 15.2. The molecule has 0 unspecified atom stereocenters. The minimum absolute atomic E-state index is 0.457. The molecule has 0 atom stereocenters. The second-order valence-electron chi connectivity index (χ2n) is 5.21. The maximum atomic E-state index is 9.37. The third-order valence-electron chi connectivity index (χ3n) is 2.76. The average molecular weight is 298 g/mol. The van der Waals surface area contributed by atoms with Gasteiger partial charge in [-0.05, 0) is 25.0 Å². The fourth-order valence-electron chi connectivity index (χ4n) is 1.76. The summed E-state index contributed by atoms with van der Waals surface area (Å²) in [7, 11) is 0. The molecule has 0 aliphatic rings. The number of thiazole rings is 1. The molecule has 0 aliphatic heterocycles. The lowest BCUT2D eigenvalue weighted by atomic mass is 10.1. The highest BCUT2D eigenvalue weighted by molar-refractivity contribution is 7.11. The number of allylic oxidation sites excluding steroid dienone is 1. The summed E-state index contributed by atoms with van der Waals surface area (Å²) in [6.07, 6.45) is 1.84. The molecule has 21 heavy (non-hydrogen) atoms. The molecular formula is C17H18N2OS. The first-order valence-electron chi connectivity index (χ1n) is 6.86. The fourth-order valence-corrected chi connectivity index (χ4v) is 2.53. The molecule has 1 aromatic heterocycles. The molecule has 1 heterocycles. The van der Waals surface area contributed by atoms with Crippen LogP contribution in [0.4, 0.5) is 0 Å². The van der Waals surface area contributed by atoms with E-state index < -0.39 is 0 Å². The summed E-state index contributed by atoms with van der Waals surface area (Å²) in [4.78, 5) is 4.37. The quantitative estimate of drug-likeness (QED) is 0.761. The van der Waals surface area contributed by atoms with Gasteiger partial charge in [0.05, 0.1) is 12.2 Å². The lowest BCUT2D eigenvalue weighted by Gasteiger charge is -2.11. The van der Waals surface area contributed by atoms with Crippen LogP contribution in [0.25, 0.3) is 11.6 Å². The number of hydrogen-bond acceptors (Lipinski definition) is 4. The highest BCUT2D eigenvalue weighted by atomic mass is 32.1. The number of hydrogen-bond donors (Lipinski definition) is 0. The largest absolute Gasteiger partial charge is 0.493 e. The Hall–Kier alpha value is -2.12. The average Bonchev–Trinajstić information content (AvgIpc) is 2.90. The minimum atomic E-state index is 0.457. The summed E-state index contributed by atoms with van der Waals surface area (Å²) < 4.78 is 5.81. The van der Waals surface area contributed by atoms with Gasteiger partial charge in [-0.1, -0.05) is 32.0 Å². The molecule has 0 fully saturated rings. The van der Waals surface area contributed by atoms with Crippen molar-refractivity contribution < 1.29 is 4.74 Å². The van der Waals surface area contributed by atoms with Gasteiger partial charge in [-0.3, -0.25) is 0 Å². The topological polar surface area (TPSA) is 45.9 Å². The summed E-state index contributed by atoms with van der Waals surface area (Å²) in [5.74, 6) is 1.26. The lowest BCUT2D eigenvalue weighted by Crippen LogP contribution is -2.05. The first-order chi connectivity index (χ1) is 10.1. The van der Waals surface area contributed by atoms with Crippen LogP contribution < -0.4 is 4.74 Å². The highest BCUT2D eigenvalue weighted by Crippen LogP contribution is 2.26. The van der Waals surface area contributed by atoms with E-state index in [1.807, 2.05) is 42.6 Å². The molecule has 0 saturated heterocycles. The van der Waals surface area contributed by atoms with E-state index in [2.05, 4.69) is 24.9 Å². The molecule has 0 saturated carbocycles. The second-order valence-corrected chi connectivity index (χ2v) is 6.06. The second kappa shape index (κ2) is 7.05. The molecule has 0 bridgehead atoms. The maximum absolute atomic E-state index is 9.37. The molecule has 0 aliphatic carbocycles. The van der Waals surface area contributed by atoms with Gasteiger partial charge in [0.25, 0.3) is 0 Å². The molecule has 0 radical (unpaired) electrons. The zero-order valence-corrected chi connectivity index (χ0v) is 13.3. The van der Waals surface area contributed by atoms with Gasteiger partial charge in [0, 0.05) is 16.6 Å². The molecule has 2 aromatic rings. The summed E-state index contributed by atoms with van der Waals surface area (Å²) >= 11 is 1.48. The van der Waals surface area contributed by atoms with Crippen LogP contribution in [0.3, 0.4) is 0 Å². The van der Waals surface area contributed by atoms with Crippen molar-refractivity contribution in [3.8, 4) is 11.8 Å². The third-order valence-corrected chi connectivity index (χ3v) is 3.75. The van der Waals surface area contributed by atoms with Gasteiger partial charge in [0.15, 0.2) is 0 Å². The van der Waals surface area contributed by atoms with Crippen molar-refractivity contribution in [2.45, 2.75) is 20.8 Å². The summed E-state index contributed by atoms with van der Waals surface area (Å²) in [5.41, 5.74) is 2.40. The van der Waals surface area contributed by atoms with Crippen molar-refractivity contribution in [3.63, 3.8) is 0 Å². The van der Waals surface area contributed by atoms with Crippen LogP contribution in [0.15, 0.2) is 29.6 Å². The van der Waals surface area contributed by atoms with E-state index in [-0.39, 0.29) is 0 Å². The normalized spacial score (nSPS) is 11.5. The number of nitrogens with zero attached hydrogens (tertiary/aromatic N) is 2. The number of rotatable bonds is 5. The molecule has 3 nitrogen and oxygen atoms in total. The number of nitriles is 1. The van der Waals surface area contributed by atoms with Crippen LogP contribution in [0.2, 0.25) is 0 Å². The van der Waals surface area contributed by atoms with Gasteiger partial charge in [0.2, 0.25) is 0 Å².